The first-order valence-electron chi connectivity index (χ1n) is 7.44. The maximum atomic E-state index is 12.3. The van der Waals surface area contributed by atoms with Crippen LogP contribution in [0.2, 0.25) is 0 Å². The largest absolute Gasteiger partial charge is 0.289 e. The van der Waals surface area contributed by atoms with Crippen molar-refractivity contribution in [3.63, 3.8) is 0 Å². The molecule has 0 unspecified atom stereocenters. The minimum atomic E-state index is -0.00101. The molecular formula is C19H16N2OS. The Hall–Kier alpha value is -2.59. The molecule has 0 N–H and O–H groups in total. The fourth-order valence-corrected chi connectivity index (χ4v) is 3.10. The lowest BCUT2D eigenvalue weighted by molar-refractivity contribution is 0.104. The van der Waals surface area contributed by atoms with E-state index in [0.717, 1.165) is 27.4 Å². The van der Waals surface area contributed by atoms with Gasteiger partial charge in [-0.2, -0.15) is 0 Å². The van der Waals surface area contributed by atoms with Gasteiger partial charge in [0, 0.05) is 34.6 Å². The maximum absolute atomic E-state index is 12.3. The molecule has 0 radical (unpaired) electrons. The first-order valence-corrected chi connectivity index (χ1v) is 8.26. The van der Waals surface area contributed by atoms with Gasteiger partial charge in [-0.1, -0.05) is 37.3 Å². The second-order valence-electron chi connectivity index (χ2n) is 5.02. The van der Waals surface area contributed by atoms with Gasteiger partial charge >= 0.3 is 0 Å². The van der Waals surface area contributed by atoms with E-state index in [1.54, 1.807) is 42.1 Å². The Labute approximate surface area is 139 Å². The highest BCUT2D eigenvalue weighted by Gasteiger charge is 2.08. The fourth-order valence-electron chi connectivity index (χ4n) is 2.27. The minimum absolute atomic E-state index is 0.00101. The molecule has 0 saturated heterocycles. The molecule has 3 rings (SSSR count). The van der Waals surface area contributed by atoms with E-state index in [0.29, 0.717) is 5.56 Å². The van der Waals surface area contributed by atoms with Crippen molar-refractivity contribution in [2.45, 2.75) is 13.3 Å². The Morgan fingerprint density at radius 3 is 2.78 bits per heavy atom. The third-order valence-electron chi connectivity index (χ3n) is 3.49. The van der Waals surface area contributed by atoms with Crippen molar-refractivity contribution in [3.05, 3.63) is 77.1 Å². The van der Waals surface area contributed by atoms with E-state index in [4.69, 9.17) is 0 Å². The Balaban J connectivity index is 1.78. The van der Waals surface area contributed by atoms with Gasteiger partial charge in [-0.3, -0.25) is 9.78 Å². The fraction of sp³-hybridized carbons (Fsp3) is 0.105. The van der Waals surface area contributed by atoms with E-state index < -0.39 is 0 Å². The second kappa shape index (κ2) is 7.11. The summed E-state index contributed by atoms with van der Waals surface area (Å²) in [5.74, 6) is -0.00101. The van der Waals surface area contributed by atoms with Crippen molar-refractivity contribution in [2.75, 3.05) is 0 Å². The lowest BCUT2D eigenvalue weighted by atomic mass is 10.0. The number of rotatable bonds is 5. The molecule has 3 nitrogen and oxygen atoms in total. The van der Waals surface area contributed by atoms with Gasteiger partial charge in [-0.05, 0) is 30.2 Å². The van der Waals surface area contributed by atoms with Crippen molar-refractivity contribution in [2.24, 2.45) is 0 Å². The summed E-state index contributed by atoms with van der Waals surface area (Å²) in [5.41, 5.74) is 2.77. The summed E-state index contributed by atoms with van der Waals surface area (Å²) >= 11 is 1.57. The van der Waals surface area contributed by atoms with E-state index >= 15 is 0 Å². The second-order valence-corrected chi connectivity index (χ2v) is 6.08. The highest BCUT2D eigenvalue weighted by molar-refractivity contribution is 7.15. The SMILES string of the molecule is CCc1cnccc1C(=O)/C=C/c1cnc(-c2ccccc2)s1. The van der Waals surface area contributed by atoms with Crippen LogP contribution in [0.1, 0.15) is 27.7 Å². The van der Waals surface area contributed by atoms with E-state index in [2.05, 4.69) is 9.97 Å². The Morgan fingerprint density at radius 1 is 1.17 bits per heavy atom. The van der Waals surface area contributed by atoms with Crippen LogP contribution in [0.15, 0.2) is 61.1 Å². The van der Waals surface area contributed by atoms with Crippen LogP contribution >= 0.6 is 11.3 Å². The van der Waals surface area contributed by atoms with E-state index in [1.807, 2.05) is 43.3 Å². The molecule has 0 atom stereocenters. The van der Waals surface area contributed by atoms with Crippen LogP contribution in [0.4, 0.5) is 0 Å². The van der Waals surface area contributed by atoms with E-state index in [-0.39, 0.29) is 5.78 Å². The van der Waals surface area contributed by atoms with Gasteiger partial charge in [0.2, 0.25) is 0 Å². The summed E-state index contributed by atoms with van der Waals surface area (Å²) in [7, 11) is 0. The van der Waals surface area contributed by atoms with Crippen LogP contribution in [-0.4, -0.2) is 15.8 Å². The Bertz CT molecular complexity index is 837. The van der Waals surface area contributed by atoms with Gasteiger partial charge in [-0.25, -0.2) is 4.98 Å². The van der Waals surface area contributed by atoms with Crippen LogP contribution in [0.5, 0.6) is 0 Å². The third-order valence-corrected chi connectivity index (χ3v) is 4.50. The molecular weight excluding hydrogens is 304 g/mol. The molecule has 2 aromatic heterocycles. The summed E-state index contributed by atoms with van der Waals surface area (Å²) in [6.07, 6.45) is 9.43. The number of hydrogen-bond donors (Lipinski definition) is 0. The molecule has 1 aromatic carbocycles. The lowest BCUT2D eigenvalue weighted by Crippen LogP contribution is -2.00. The molecule has 0 amide bonds. The summed E-state index contributed by atoms with van der Waals surface area (Å²) in [6, 6.07) is 11.8. The first-order chi connectivity index (χ1) is 11.3. The molecule has 0 aliphatic heterocycles. The van der Waals surface area contributed by atoms with Crippen molar-refractivity contribution in [1.82, 2.24) is 9.97 Å². The normalized spacial score (nSPS) is 11.0. The van der Waals surface area contributed by atoms with E-state index in [1.165, 1.54) is 0 Å². The predicted octanol–water partition coefficient (Wildman–Crippen LogP) is 4.66. The summed E-state index contributed by atoms with van der Waals surface area (Å²) in [4.78, 5) is 21.8. The van der Waals surface area contributed by atoms with Crippen LogP contribution < -0.4 is 0 Å². The van der Waals surface area contributed by atoms with Crippen molar-refractivity contribution < 1.29 is 4.79 Å². The molecule has 23 heavy (non-hydrogen) atoms. The van der Waals surface area contributed by atoms with Gasteiger partial charge in [0.15, 0.2) is 5.78 Å². The number of hydrogen-bond acceptors (Lipinski definition) is 4. The van der Waals surface area contributed by atoms with Gasteiger partial charge < -0.3 is 0 Å². The summed E-state index contributed by atoms with van der Waals surface area (Å²) in [6.45, 7) is 2.02. The van der Waals surface area contributed by atoms with Crippen LogP contribution in [0, 0.1) is 0 Å². The van der Waals surface area contributed by atoms with Gasteiger partial charge in [0.05, 0.1) is 0 Å². The monoisotopic (exact) mass is 320 g/mol. The zero-order valence-corrected chi connectivity index (χ0v) is 13.6. The zero-order chi connectivity index (χ0) is 16.1. The molecule has 0 spiro atoms. The number of ketones is 1. The first kappa shape index (κ1) is 15.3. The topological polar surface area (TPSA) is 42.9 Å². The number of aromatic nitrogens is 2. The molecule has 114 valence electrons. The molecule has 3 aromatic rings. The predicted molar refractivity (Wildman–Crippen MR) is 94.5 cm³/mol. The van der Waals surface area contributed by atoms with Gasteiger partial charge in [-0.15, -0.1) is 11.3 Å². The van der Waals surface area contributed by atoms with E-state index in [9.17, 15) is 4.79 Å². The molecule has 0 saturated carbocycles. The van der Waals surface area contributed by atoms with Crippen molar-refractivity contribution in [3.8, 4) is 10.6 Å². The Kier molecular flexibility index (Phi) is 4.74. The Morgan fingerprint density at radius 2 is 2.00 bits per heavy atom. The number of benzene rings is 1. The average Bonchev–Trinajstić information content (AvgIpc) is 3.09. The highest BCUT2D eigenvalue weighted by atomic mass is 32.1. The maximum Gasteiger partial charge on any atom is 0.186 e. The number of carbonyl (C=O) groups excluding carboxylic acids is 1. The van der Waals surface area contributed by atoms with Crippen LogP contribution in [-0.2, 0) is 6.42 Å². The highest BCUT2D eigenvalue weighted by Crippen LogP contribution is 2.25. The average molecular weight is 320 g/mol. The molecule has 0 aliphatic rings. The third kappa shape index (κ3) is 3.60. The summed E-state index contributed by atoms with van der Waals surface area (Å²) < 4.78 is 0. The number of pyridine rings is 1. The van der Waals surface area contributed by atoms with Crippen molar-refractivity contribution >= 4 is 23.2 Å². The molecule has 0 aliphatic carbocycles. The summed E-state index contributed by atoms with van der Waals surface area (Å²) in [5, 5.41) is 0.954. The zero-order valence-electron chi connectivity index (χ0n) is 12.8. The smallest absolute Gasteiger partial charge is 0.186 e. The van der Waals surface area contributed by atoms with Gasteiger partial charge in [0.25, 0.3) is 0 Å². The number of thiazole rings is 1. The minimum Gasteiger partial charge on any atom is -0.289 e. The molecule has 0 bridgehead atoms. The van der Waals surface area contributed by atoms with Crippen LogP contribution in [0.3, 0.4) is 0 Å². The van der Waals surface area contributed by atoms with Gasteiger partial charge in [0.1, 0.15) is 5.01 Å². The number of nitrogens with zero attached hydrogens (tertiary/aromatic N) is 2. The number of carbonyl (C=O) groups is 1. The molecule has 2 heterocycles. The molecule has 0 fully saturated rings. The van der Waals surface area contributed by atoms with Crippen molar-refractivity contribution in [1.29, 1.82) is 0 Å². The lowest BCUT2D eigenvalue weighted by Gasteiger charge is -2.02. The quantitative estimate of drug-likeness (QED) is 0.507. The van der Waals surface area contributed by atoms with Crippen LogP contribution in [0.25, 0.3) is 16.6 Å². The number of allylic oxidation sites excluding steroid dienone is 1. The molecule has 4 heteroatoms. The number of aryl methyl sites for hydroxylation is 1. The standard InChI is InChI=1S/C19H16N2OS/c1-2-14-12-20-11-10-17(14)18(22)9-8-16-13-21-19(23-16)15-6-4-3-5-7-15/h3-13H,2H2,1H3/b9-8+.